The lowest BCUT2D eigenvalue weighted by atomic mass is 10.1. The Labute approximate surface area is 819 Å². The molecule has 728 valence electrons. The number of methoxy groups -OCH3 is 7. The summed E-state index contributed by atoms with van der Waals surface area (Å²) in [5.74, 6) is 5.18. The molecule has 0 bridgehead atoms. The van der Waals surface area contributed by atoms with Gasteiger partial charge in [0, 0.05) is 219 Å². The zero-order valence-electron chi connectivity index (χ0n) is 80.6. The summed E-state index contributed by atoms with van der Waals surface area (Å²) in [6.45, 7) is 6.58. The van der Waals surface area contributed by atoms with E-state index < -0.39 is 6.67 Å². The van der Waals surface area contributed by atoms with Gasteiger partial charge >= 0.3 is 0 Å². The van der Waals surface area contributed by atoms with E-state index >= 15 is 0 Å². The topological polar surface area (TPSA) is 339 Å². The van der Waals surface area contributed by atoms with Gasteiger partial charge in [0.05, 0.1) is 197 Å². The van der Waals surface area contributed by atoms with Crippen LogP contribution in [0.4, 0.5) is 54.3 Å². The van der Waals surface area contributed by atoms with Gasteiger partial charge in [-0.25, -0.2) is 28.7 Å². The number of nitrogens with two attached hydrogens (primary N) is 1. The summed E-state index contributed by atoms with van der Waals surface area (Å²) in [5, 5.41) is 26.1. The van der Waals surface area contributed by atoms with Gasteiger partial charge in [-0.1, -0.05) is 12.1 Å². The molecule has 1 atom stereocenters. The number of anilines is 8. The first kappa shape index (κ1) is 96.1. The van der Waals surface area contributed by atoms with Gasteiger partial charge in [-0.3, -0.25) is 53.2 Å². The molecule has 35 heteroatoms. The number of nitrogens with zero attached hydrogens (tertiary/aromatic N) is 22. The number of rotatable bonds is 35. The van der Waals surface area contributed by atoms with E-state index in [2.05, 4.69) is 89.1 Å². The summed E-state index contributed by atoms with van der Waals surface area (Å²) >= 11 is 0. The highest BCUT2D eigenvalue weighted by Crippen LogP contribution is 2.43. The number of aliphatic hydroxyl groups is 1. The van der Waals surface area contributed by atoms with Crippen LogP contribution in [0, 0.1) is 17.7 Å². The number of carbonyl (C=O) groups is 2. The number of amides is 2. The molecule has 2 aliphatic heterocycles. The number of halogens is 2. The van der Waals surface area contributed by atoms with Crippen LogP contribution in [0.15, 0.2) is 244 Å². The number of aryl methyl sites for hydroxylation is 3. The zero-order valence-corrected chi connectivity index (χ0v) is 80.6. The Bertz CT molecular complexity index is 7250. The van der Waals surface area contributed by atoms with Crippen molar-refractivity contribution in [2.45, 2.75) is 64.1 Å². The molecular weight excluding hydrogens is 1810 g/mol. The molecule has 3 N–H and O–H groups in total. The number of alkyl halides is 1. The number of fused-ring (bicyclic) bond motifs is 5. The number of aliphatic hydroxyl groups excluding tert-OH is 1. The van der Waals surface area contributed by atoms with E-state index in [9.17, 15) is 18.4 Å². The first-order chi connectivity index (χ1) is 69.2. The molecular formula is C107H111F2N23O10. The SMILES string of the molecule is COc1cc(F)cc(N(CC2CC2)c2ccc3ncc(-c4cnn(CCO)c4)nc3c2)c1.COc1cc(OC)cc(N(CC2CC2)c2ccc3ncc(-c4cnn(CCF)c4)nc3c2)c1.COc1cc(OC)cc(N(CCCN2C(=O)c3ccccc3C2=O)c2ccc3ncc(-c4cnn(C)c4)nc3c2)c1.COc1cc(OC)cc(N(CCCN2CCC(N)C2)c2ccc3ncc(-c4cnn(C)c4)nc3c2)c1. The Kier molecular flexibility index (Phi) is 29.7. The lowest BCUT2D eigenvalue weighted by molar-refractivity contribution is 0.0653. The summed E-state index contributed by atoms with van der Waals surface area (Å²) in [6.07, 6.45) is 28.9. The molecule has 0 spiro atoms. The van der Waals surface area contributed by atoms with Crippen LogP contribution in [0.1, 0.15) is 65.7 Å². The van der Waals surface area contributed by atoms with Crippen molar-refractivity contribution < 1.29 is 56.6 Å². The molecule has 2 amide bonds. The minimum Gasteiger partial charge on any atom is -0.497 e. The minimum absolute atomic E-state index is 0.0234. The Morgan fingerprint density at radius 2 is 0.725 bits per heavy atom. The maximum atomic E-state index is 14.2. The quantitative estimate of drug-likeness (QED) is 0.0348. The summed E-state index contributed by atoms with van der Waals surface area (Å²) in [4.78, 5) is 76.2. The second-order valence-corrected chi connectivity index (χ2v) is 35.3. The summed E-state index contributed by atoms with van der Waals surface area (Å²) in [7, 11) is 15.2. The third kappa shape index (κ3) is 22.9. The lowest BCUT2D eigenvalue weighted by Gasteiger charge is -2.27. The average Bonchev–Trinajstić information content (AvgIpc) is 1.44. The van der Waals surface area contributed by atoms with Crippen molar-refractivity contribution in [1.29, 1.82) is 0 Å². The van der Waals surface area contributed by atoms with Crippen LogP contribution in [0.3, 0.4) is 0 Å². The van der Waals surface area contributed by atoms with Crippen LogP contribution < -0.4 is 58.5 Å². The van der Waals surface area contributed by atoms with E-state index in [1.54, 1.807) is 149 Å². The summed E-state index contributed by atoms with van der Waals surface area (Å²) < 4.78 is 72.1. The third-order valence-corrected chi connectivity index (χ3v) is 25.3. The molecule has 4 aliphatic rings. The highest BCUT2D eigenvalue weighted by molar-refractivity contribution is 6.21. The van der Waals surface area contributed by atoms with Crippen molar-refractivity contribution in [2.24, 2.45) is 31.7 Å². The monoisotopic (exact) mass is 1920 g/mol. The second kappa shape index (κ2) is 43.9. The van der Waals surface area contributed by atoms with Gasteiger partial charge in [0.25, 0.3) is 11.8 Å². The fourth-order valence-corrected chi connectivity index (χ4v) is 17.4. The number of hydrogen-bond donors (Lipinski definition) is 2. The fraction of sp³-hybridized carbons (Fsp3) is 0.290. The van der Waals surface area contributed by atoms with E-state index in [-0.39, 0.29) is 43.4 Å². The lowest BCUT2D eigenvalue weighted by Crippen LogP contribution is -2.32. The van der Waals surface area contributed by atoms with Crippen LogP contribution in [0.2, 0.25) is 0 Å². The number of benzene rings is 9. The van der Waals surface area contributed by atoms with E-state index in [4.69, 9.17) is 63.9 Å². The van der Waals surface area contributed by atoms with E-state index in [0.717, 1.165) is 198 Å². The Morgan fingerprint density at radius 1 is 0.380 bits per heavy atom. The maximum absolute atomic E-state index is 14.2. The molecule has 2 aliphatic carbocycles. The van der Waals surface area contributed by atoms with Gasteiger partial charge in [-0.2, -0.15) is 20.4 Å². The number of carbonyl (C=O) groups excluding carboxylic acids is 2. The Morgan fingerprint density at radius 3 is 1.07 bits per heavy atom. The Hall–Kier alpha value is -16.1. The van der Waals surface area contributed by atoms with Crippen molar-refractivity contribution in [1.82, 2.24) is 88.8 Å². The smallest absolute Gasteiger partial charge is 0.261 e. The molecule has 8 aromatic heterocycles. The fourth-order valence-electron chi connectivity index (χ4n) is 17.4. The normalized spacial score (nSPS) is 13.8. The number of imide groups is 1. The molecule has 142 heavy (non-hydrogen) atoms. The minimum atomic E-state index is -0.459. The zero-order chi connectivity index (χ0) is 98.4. The molecule has 3 fully saturated rings. The molecule has 21 rings (SSSR count). The summed E-state index contributed by atoms with van der Waals surface area (Å²) in [6, 6.07) is 53.7. The molecule has 33 nitrogen and oxygen atoms in total. The van der Waals surface area contributed by atoms with Gasteiger partial charge in [-0.15, -0.1) is 0 Å². The largest absolute Gasteiger partial charge is 0.497 e. The van der Waals surface area contributed by atoms with Gasteiger partial charge < -0.3 is 68.5 Å². The predicted molar refractivity (Wildman–Crippen MR) is 543 cm³/mol. The van der Waals surface area contributed by atoms with Crippen LogP contribution in [-0.4, -0.2) is 227 Å². The van der Waals surface area contributed by atoms with Crippen molar-refractivity contribution in [3.63, 3.8) is 0 Å². The first-order valence-electron chi connectivity index (χ1n) is 47.1. The van der Waals surface area contributed by atoms with Gasteiger partial charge in [0.1, 0.15) is 52.7 Å². The molecule has 1 unspecified atom stereocenters. The molecule has 17 aromatic rings. The second-order valence-electron chi connectivity index (χ2n) is 35.3. The van der Waals surface area contributed by atoms with Crippen LogP contribution in [0.5, 0.6) is 40.2 Å². The number of likely N-dealkylation sites (tertiary alicyclic amines) is 1. The van der Waals surface area contributed by atoms with E-state index in [0.29, 0.717) is 71.1 Å². The Balaban J connectivity index is 0.000000125. The third-order valence-electron chi connectivity index (χ3n) is 25.3. The standard InChI is InChI=1S/C31H28N6O4.C27H33N7O2.C25H26FN5O2.C24H24FN5O2/c1-35-19-20(17-33-35)29-18-32-27-10-9-21(15-28(27)34-29)36(22-13-23(40-2)16-24(14-22)41-3)11-6-12-37-30(38)25-7-4-5-8-26(25)31(37)39;1-32-17-19(15-30-32)27-16-29-25-6-5-21(13-26(25)31-27)34(9-4-8-33-10-7-20(28)18-33)22-11-23(35-2)14-24(12-22)36-3;1-32-21-9-20(10-22(12-21)33-2)31(15-17-3-4-17)19-5-6-23-24(11-19)29-25(14-27-23)18-13-28-30(16-18)8-7-26;1-32-21-9-18(25)8-20(10-21)30(14-16-2-3-16)19-4-5-22-23(11-19)28-24(13-26-22)17-12-27-29(15-17)6-7-31/h4-5,7-10,13-19H,6,11-12H2,1-3H3;5-6,11-17,20H,4,7-10,18,28H2,1-3H3;5-6,9-14,16-17H,3-4,7-8,15H2,1-2H3;4-5,8-13,15-16,31H,2-3,6-7,14H2,1H3. The highest BCUT2D eigenvalue weighted by atomic mass is 19.1. The van der Waals surface area contributed by atoms with Crippen molar-refractivity contribution in [3.8, 4) is 85.3 Å². The van der Waals surface area contributed by atoms with Gasteiger partial charge in [-0.05, 0) is 161 Å². The van der Waals surface area contributed by atoms with Crippen molar-refractivity contribution in [2.75, 3.05) is 135 Å². The van der Waals surface area contributed by atoms with Gasteiger partial charge in [0.2, 0.25) is 0 Å². The molecule has 0 radical (unpaired) electrons. The average molecular weight is 1920 g/mol. The van der Waals surface area contributed by atoms with Crippen LogP contribution in [0.25, 0.3) is 89.2 Å². The molecule has 10 heterocycles. The first-order valence-corrected chi connectivity index (χ1v) is 47.1. The molecule has 1 saturated heterocycles. The molecule has 9 aromatic carbocycles. The maximum Gasteiger partial charge on any atom is 0.261 e. The van der Waals surface area contributed by atoms with E-state index in [1.807, 2.05) is 142 Å². The van der Waals surface area contributed by atoms with Crippen molar-refractivity contribution >= 4 is 101 Å². The van der Waals surface area contributed by atoms with Crippen molar-refractivity contribution in [3.05, 3.63) is 261 Å². The molecule has 2 saturated carbocycles. The predicted octanol–water partition coefficient (Wildman–Crippen LogP) is 17.7. The van der Waals surface area contributed by atoms with Crippen LogP contribution in [-0.2, 0) is 27.2 Å². The van der Waals surface area contributed by atoms with E-state index in [1.165, 1.54) is 42.7 Å². The number of ether oxygens (including phenoxy) is 7. The van der Waals surface area contributed by atoms with Crippen LogP contribution >= 0.6 is 0 Å². The van der Waals surface area contributed by atoms with Gasteiger partial charge in [0.15, 0.2) is 0 Å². The number of hydrogen-bond acceptors (Lipinski definition) is 28. The summed E-state index contributed by atoms with van der Waals surface area (Å²) in [5.41, 5.74) is 27.2. The highest BCUT2D eigenvalue weighted by Gasteiger charge is 2.36. The number of aromatic nitrogens is 16.